The van der Waals surface area contributed by atoms with Crippen LogP contribution in [0, 0.1) is 5.82 Å². The first-order chi connectivity index (χ1) is 12.1. The number of halogens is 3. The Kier molecular flexibility index (Phi) is 8.68. The van der Waals surface area contributed by atoms with Crippen molar-refractivity contribution in [1.29, 1.82) is 0 Å². The Hall–Kier alpha value is -1.14. The first-order valence-electron chi connectivity index (χ1n) is 8.27. The van der Waals surface area contributed by atoms with E-state index in [1.165, 1.54) is 12.1 Å². The Morgan fingerprint density at radius 1 is 1.08 bits per heavy atom. The van der Waals surface area contributed by atoms with E-state index in [0.717, 1.165) is 47.2 Å². The van der Waals surface area contributed by atoms with Crippen LogP contribution in [0.1, 0.15) is 30.4 Å². The average Bonchev–Trinajstić information content (AvgIpc) is 2.58. The van der Waals surface area contributed by atoms with Crippen LogP contribution in [0.4, 0.5) is 4.39 Å². The van der Waals surface area contributed by atoms with Crippen molar-refractivity contribution in [3.05, 3.63) is 62.8 Å². The minimum Gasteiger partial charge on any atom is -0.489 e. The molecular formula is C19H22BrClFNO2. The third kappa shape index (κ3) is 6.94. The summed E-state index contributed by atoms with van der Waals surface area (Å²) >= 11 is 9.53. The molecule has 2 aromatic carbocycles. The van der Waals surface area contributed by atoms with Gasteiger partial charge in [-0.3, -0.25) is 0 Å². The zero-order valence-corrected chi connectivity index (χ0v) is 16.2. The second-order valence-corrected chi connectivity index (χ2v) is 7.06. The van der Waals surface area contributed by atoms with Crippen molar-refractivity contribution < 1.29 is 14.2 Å². The molecule has 0 spiro atoms. The van der Waals surface area contributed by atoms with Gasteiger partial charge in [0, 0.05) is 28.8 Å². The molecule has 0 aliphatic carbocycles. The van der Waals surface area contributed by atoms with Crippen molar-refractivity contribution in [2.24, 2.45) is 0 Å². The first-order valence-corrected chi connectivity index (χ1v) is 9.44. The van der Waals surface area contributed by atoms with Crippen LogP contribution in [0.5, 0.6) is 5.75 Å². The first kappa shape index (κ1) is 20.2. The maximum Gasteiger partial charge on any atom is 0.124 e. The van der Waals surface area contributed by atoms with Gasteiger partial charge in [0.1, 0.15) is 18.2 Å². The van der Waals surface area contributed by atoms with E-state index in [-0.39, 0.29) is 19.0 Å². The molecule has 25 heavy (non-hydrogen) atoms. The molecule has 6 heteroatoms. The fraction of sp³-hybridized carbons (Fsp3) is 0.368. The quantitative estimate of drug-likeness (QED) is 0.517. The molecule has 0 aromatic heterocycles. The van der Waals surface area contributed by atoms with Gasteiger partial charge in [0.2, 0.25) is 0 Å². The number of benzene rings is 2. The zero-order valence-electron chi connectivity index (χ0n) is 13.9. The highest BCUT2D eigenvalue weighted by atomic mass is 79.9. The summed E-state index contributed by atoms with van der Waals surface area (Å²) in [6, 6.07) is 10.1. The van der Waals surface area contributed by atoms with Gasteiger partial charge >= 0.3 is 0 Å². The number of aliphatic hydroxyl groups excluding tert-OH is 1. The Labute approximate surface area is 161 Å². The van der Waals surface area contributed by atoms with E-state index in [9.17, 15) is 4.39 Å². The van der Waals surface area contributed by atoms with Crippen LogP contribution in [0.25, 0.3) is 0 Å². The lowest BCUT2D eigenvalue weighted by molar-refractivity contribution is 0.282. The summed E-state index contributed by atoms with van der Waals surface area (Å²) in [6.07, 6.45) is 2.87. The number of rotatable bonds is 10. The van der Waals surface area contributed by atoms with Crippen LogP contribution in [0.3, 0.4) is 0 Å². The molecule has 2 N–H and O–H groups in total. The normalized spacial score (nSPS) is 10.9. The van der Waals surface area contributed by atoms with Crippen LogP contribution in [-0.4, -0.2) is 18.3 Å². The van der Waals surface area contributed by atoms with Gasteiger partial charge in [-0.05, 0) is 56.1 Å². The van der Waals surface area contributed by atoms with Crippen LogP contribution in [0.2, 0.25) is 5.02 Å². The Bertz CT molecular complexity index is 684. The van der Waals surface area contributed by atoms with Crippen LogP contribution in [0.15, 0.2) is 40.9 Å². The van der Waals surface area contributed by atoms with Crippen molar-refractivity contribution in [3.63, 3.8) is 0 Å². The zero-order chi connectivity index (χ0) is 18.1. The fourth-order valence-corrected chi connectivity index (χ4v) is 3.01. The molecule has 3 nitrogen and oxygen atoms in total. The highest BCUT2D eigenvalue weighted by Crippen LogP contribution is 2.25. The molecule has 0 saturated heterocycles. The summed E-state index contributed by atoms with van der Waals surface area (Å²) in [5.74, 6) is 0.412. The summed E-state index contributed by atoms with van der Waals surface area (Å²) in [5, 5.41) is 12.5. The molecule has 136 valence electrons. The minimum absolute atomic E-state index is 0.246. The molecule has 0 radical (unpaired) electrons. The maximum absolute atomic E-state index is 13.1. The lowest BCUT2D eigenvalue weighted by atomic mass is 10.2. The smallest absolute Gasteiger partial charge is 0.124 e. The van der Waals surface area contributed by atoms with Crippen molar-refractivity contribution in [2.75, 3.05) is 13.2 Å². The van der Waals surface area contributed by atoms with Gasteiger partial charge in [-0.2, -0.15) is 0 Å². The van der Waals surface area contributed by atoms with Gasteiger partial charge in [-0.25, -0.2) is 4.39 Å². The van der Waals surface area contributed by atoms with E-state index in [1.807, 2.05) is 18.2 Å². The number of hydrogen-bond acceptors (Lipinski definition) is 3. The van der Waals surface area contributed by atoms with Crippen LogP contribution in [-0.2, 0) is 13.2 Å². The summed E-state index contributed by atoms with van der Waals surface area (Å²) in [4.78, 5) is 0. The second-order valence-electron chi connectivity index (χ2n) is 5.74. The lowest BCUT2D eigenvalue weighted by Crippen LogP contribution is -2.15. The molecule has 0 fully saturated rings. The SMILES string of the molecule is OCCCCCNCc1cc(Br)ccc1OCc1ccc(F)cc1Cl. The van der Waals surface area contributed by atoms with E-state index >= 15 is 0 Å². The molecule has 0 unspecified atom stereocenters. The Morgan fingerprint density at radius 3 is 2.68 bits per heavy atom. The van der Waals surface area contributed by atoms with Crippen molar-refractivity contribution in [2.45, 2.75) is 32.4 Å². The van der Waals surface area contributed by atoms with E-state index < -0.39 is 0 Å². The van der Waals surface area contributed by atoms with Gasteiger partial charge in [0.15, 0.2) is 0 Å². The highest BCUT2D eigenvalue weighted by molar-refractivity contribution is 9.10. The molecule has 0 atom stereocenters. The molecule has 2 rings (SSSR count). The molecule has 2 aromatic rings. The van der Waals surface area contributed by atoms with Crippen molar-refractivity contribution >= 4 is 27.5 Å². The van der Waals surface area contributed by atoms with E-state index in [1.54, 1.807) is 6.07 Å². The number of aliphatic hydroxyl groups is 1. The van der Waals surface area contributed by atoms with Gasteiger partial charge in [0.25, 0.3) is 0 Å². The monoisotopic (exact) mass is 429 g/mol. The van der Waals surface area contributed by atoms with Crippen LogP contribution >= 0.6 is 27.5 Å². The number of unbranched alkanes of at least 4 members (excludes halogenated alkanes) is 2. The predicted octanol–water partition coefficient (Wildman–Crippen LogP) is 5.07. The highest BCUT2D eigenvalue weighted by Gasteiger charge is 2.07. The van der Waals surface area contributed by atoms with Crippen molar-refractivity contribution in [1.82, 2.24) is 5.32 Å². The Balaban J connectivity index is 1.93. The number of hydrogen-bond donors (Lipinski definition) is 2. The van der Waals surface area contributed by atoms with E-state index in [2.05, 4.69) is 21.2 Å². The summed E-state index contributed by atoms with van der Waals surface area (Å²) < 4.78 is 20.0. The van der Waals surface area contributed by atoms with E-state index in [4.69, 9.17) is 21.4 Å². The van der Waals surface area contributed by atoms with Crippen molar-refractivity contribution in [3.8, 4) is 5.75 Å². The molecule has 0 saturated carbocycles. The third-order valence-corrected chi connectivity index (χ3v) is 4.59. The molecule has 0 aliphatic rings. The molecule has 0 bridgehead atoms. The predicted molar refractivity (Wildman–Crippen MR) is 103 cm³/mol. The average molecular weight is 431 g/mol. The largest absolute Gasteiger partial charge is 0.489 e. The topological polar surface area (TPSA) is 41.5 Å². The number of nitrogens with one attached hydrogen (secondary N) is 1. The second kappa shape index (κ2) is 10.8. The van der Waals surface area contributed by atoms with Gasteiger partial charge in [0.05, 0.1) is 5.02 Å². The fourth-order valence-electron chi connectivity index (χ4n) is 2.38. The molecule has 0 heterocycles. The van der Waals surface area contributed by atoms with Gasteiger partial charge in [-0.15, -0.1) is 0 Å². The van der Waals surface area contributed by atoms with Gasteiger partial charge in [-0.1, -0.05) is 33.6 Å². The standard InChI is InChI=1S/C19H22BrClFNO2/c20-16-5-7-19(15(10-16)12-23-8-2-1-3-9-24)25-13-14-4-6-17(22)11-18(14)21/h4-7,10-11,23-24H,1-3,8-9,12-13H2. The summed E-state index contributed by atoms with van der Waals surface area (Å²) in [7, 11) is 0. The summed E-state index contributed by atoms with van der Waals surface area (Å²) in [6.45, 7) is 2.10. The maximum atomic E-state index is 13.1. The van der Waals surface area contributed by atoms with Gasteiger partial charge < -0.3 is 15.2 Å². The van der Waals surface area contributed by atoms with E-state index in [0.29, 0.717) is 11.6 Å². The molecular weight excluding hydrogens is 409 g/mol. The minimum atomic E-state index is -0.358. The molecule has 0 amide bonds. The van der Waals surface area contributed by atoms with Crippen LogP contribution < -0.4 is 10.1 Å². The lowest BCUT2D eigenvalue weighted by Gasteiger charge is -2.14. The summed E-state index contributed by atoms with van der Waals surface area (Å²) in [5.41, 5.74) is 1.78. The third-order valence-electron chi connectivity index (χ3n) is 3.75. The number of ether oxygens (including phenoxy) is 1. The molecule has 0 aliphatic heterocycles. The Morgan fingerprint density at radius 2 is 1.92 bits per heavy atom.